The average Bonchev–Trinajstić information content (AvgIpc) is 2.93. The monoisotopic (exact) mass is 384 g/mol. The van der Waals surface area contributed by atoms with Gasteiger partial charge in [0.15, 0.2) is 0 Å². The Hall–Kier alpha value is -2.09. The van der Waals surface area contributed by atoms with Gasteiger partial charge in [-0.25, -0.2) is 4.98 Å². The molecule has 3 aromatic rings. The first-order chi connectivity index (χ1) is 12.2. The molecular weight excluding hydrogens is 369 g/mol. The summed E-state index contributed by atoms with van der Waals surface area (Å²) >= 11 is 5.85. The number of imidazole rings is 1. The van der Waals surface area contributed by atoms with E-state index in [2.05, 4.69) is 4.98 Å². The molecule has 1 aromatic heterocycles. The SMILES string of the molecule is CC(O)c1nc2cc(C(F)(F)F)c(Cl)cc2n1-c1ccc(CCO)cc1. The first-order valence-corrected chi connectivity index (χ1v) is 8.27. The van der Waals surface area contributed by atoms with Crippen molar-refractivity contribution >= 4 is 22.6 Å². The quantitative estimate of drug-likeness (QED) is 0.705. The van der Waals surface area contributed by atoms with Crippen LogP contribution in [0.5, 0.6) is 0 Å². The second-order valence-corrected chi connectivity index (χ2v) is 6.35. The molecule has 0 aliphatic carbocycles. The number of aromatic nitrogens is 2. The Morgan fingerprint density at radius 1 is 1.19 bits per heavy atom. The summed E-state index contributed by atoms with van der Waals surface area (Å²) in [4.78, 5) is 4.18. The molecule has 1 heterocycles. The molecule has 26 heavy (non-hydrogen) atoms. The standard InChI is InChI=1S/C18H16ClF3N2O2/c1-10(26)17-23-15-8-13(18(20,21)22)14(19)9-16(15)24(17)12-4-2-11(3-5-12)6-7-25/h2-5,8-10,25-26H,6-7H2,1H3. The summed E-state index contributed by atoms with van der Waals surface area (Å²) in [6, 6.07) is 9.21. The molecular formula is C18H16ClF3N2O2. The fraction of sp³-hybridized carbons (Fsp3) is 0.278. The lowest BCUT2D eigenvalue weighted by atomic mass is 10.1. The van der Waals surface area contributed by atoms with E-state index in [1.165, 1.54) is 13.0 Å². The summed E-state index contributed by atoms with van der Waals surface area (Å²) in [5, 5.41) is 18.6. The molecule has 2 aromatic carbocycles. The Morgan fingerprint density at radius 2 is 1.85 bits per heavy atom. The summed E-state index contributed by atoms with van der Waals surface area (Å²) < 4.78 is 40.9. The Labute approximate surface area is 152 Å². The van der Waals surface area contributed by atoms with Crippen LogP contribution in [0.3, 0.4) is 0 Å². The van der Waals surface area contributed by atoms with Gasteiger partial charge in [0.25, 0.3) is 0 Å². The predicted octanol–water partition coefficient (Wildman–Crippen LogP) is 4.29. The minimum atomic E-state index is -4.59. The van der Waals surface area contributed by atoms with Crippen LogP contribution in [0.1, 0.15) is 30.0 Å². The zero-order valence-corrected chi connectivity index (χ0v) is 14.5. The molecule has 138 valence electrons. The van der Waals surface area contributed by atoms with Crippen LogP contribution in [0, 0.1) is 0 Å². The maximum atomic E-state index is 13.1. The molecule has 0 fully saturated rings. The first-order valence-electron chi connectivity index (χ1n) is 7.89. The summed E-state index contributed by atoms with van der Waals surface area (Å²) in [6.45, 7) is 1.51. The van der Waals surface area contributed by atoms with Gasteiger partial charge in [0.05, 0.1) is 21.6 Å². The molecule has 2 N–H and O–H groups in total. The van der Waals surface area contributed by atoms with E-state index < -0.39 is 22.9 Å². The molecule has 0 radical (unpaired) electrons. The zero-order chi connectivity index (χ0) is 19.1. The molecule has 0 bridgehead atoms. The summed E-state index contributed by atoms with van der Waals surface area (Å²) in [6.07, 6.45) is -5.09. The van der Waals surface area contributed by atoms with Crippen molar-refractivity contribution in [1.82, 2.24) is 9.55 Å². The highest BCUT2D eigenvalue weighted by Gasteiger charge is 2.34. The van der Waals surface area contributed by atoms with Crippen LogP contribution in [0.15, 0.2) is 36.4 Å². The van der Waals surface area contributed by atoms with Crippen LogP contribution >= 0.6 is 11.6 Å². The number of rotatable bonds is 4. The lowest BCUT2D eigenvalue weighted by molar-refractivity contribution is -0.137. The summed E-state index contributed by atoms with van der Waals surface area (Å²) in [5.41, 5.74) is 1.04. The molecule has 0 aliphatic rings. The number of aliphatic hydroxyl groups is 2. The van der Waals surface area contributed by atoms with Crippen LogP contribution in [0.4, 0.5) is 13.2 Å². The fourth-order valence-electron chi connectivity index (χ4n) is 2.83. The van der Waals surface area contributed by atoms with Crippen molar-refractivity contribution in [3.8, 4) is 5.69 Å². The minimum Gasteiger partial charge on any atom is -0.396 e. The third-order valence-electron chi connectivity index (χ3n) is 4.04. The Balaban J connectivity index is 2.23. The Bertz CT molecular complexity index is 934. The van der Waals surface area contributed by atoms with E-state index in [1.807, 2.05) is 0 Å². The van der Waals surface area contributed by atoms with Gasteiger partial charge in [0, 0.05) is 12.3 Å². The van der Waals surface area contributed by atoms with Crippen molar-refractivity contribution < 1.29 is 23.4 Å². The number of benzene rings is 2. The largest absolute Gasteiger partial charge is 0.417 e. The molecule has 1 unspecified atom stereocenters. The normalized spacial score (nSPS) is 13.3. The molecule has 0 saturated heterocycles. The van der Waals surface area contributed by atoms with E-state index >= 15 is 0 Å². The molecule has 0 spiro atoms. The molecule has 8 heteroatoms. The van der Waals surface area contributed by atoms with E-state index in [1.54, 1.807) is 28.8 Å². The fourth-order valence-corrected chi connectivity index (χ4v) is 3.09. The van der Waals surface area contributed by atoms with Crippen LogP contribution in [-0.2, 0) is 12.6 Å². The van der Waals surface area contributed by atoms with Gasteiger partial charge in [-0.1, -0.05) is 23.7 Å². The second-order valence-electron chi connectivity index (χ2n) is 5.94. The maximum Gasteiger partial charge on any atom is 0.417 e. The van der Waals surface area contributed by atoms with Crippen molar-refractivity contribution in [2.45, 2.75) is 25.6 Å². The van der Waals surface area contributed by atoms with Crippen LogP contribution in [-0.4, -0.2) is 26.4 Å². The van der Waals surface area contributed by atoms with Crippen LogP contribution in [0.2, 0.25) is 5.02 Å². The average molecular weight is 385 g/mol. The van der Waals surface area contributed by atoms with Crippen molar-refractivity contribution in [2.75, 3.05) is 6.61 Å². The van der Waals surface area contributed by atoms with E-state index in [-0.39, 0.29) is 17.9 Å². The minimum absolute atomic E-state index is 0.0160. The predicted molar refractivity (Wildman–Crippen MR) is 92.5 cm³/mol. The third-order valence-corrected chi connectivity index (χ3v) is 4.36. The third kappa shape index (κ3) is 3.42. The van der Waals surface area contributed by atoms with Gasteiger partial charge in [-0.3, -0.25) is 4.57 Å². The van der Waals surface area contributed by atoms with Crippen molar-refractivity contribution in [3.05, 3.63) is 58.4 Å². The lowest BCUT2D eigenvalue weighted by Gasteiger charge is -2.13. The zero-order valence-electron chi connectivity index (χ0n) is 13.8. The molecule has 0 aliphatic heterocycles. The van der Waals surface area contributed by atoms with Gasteiger partial charge in [-0.2, -0.15) is 13.2 Å². The van der Waals surface area contributed by atoms with E-state index in [0.717, 1.165) is 11.6 Å². The highest BCUT2D eigenvalue weighted by Crippen LogP contribution is 2.38. The van der Waals surface area contributed by atoms with Crippen molar-refractivity contribution in [2.24, 2.45) is 0 Å². The smallest absolute Gasteiger partial charge is 0.396 e. The molecule has 0 saturated carbocycles. The highest BCUT2D eigenvalue weighted by atomic mass is 35.5. The van der Waals surface area contributed by atoms with Crippen LogP contribution < -0.4 is 0 Å². The first kappa shape index (κ1) is 18.7. The Morgan fingerprint density at radius 3 is 2.38 bits per heavy atom. The molecule has 4 nitrogen and oxygen atoms in total. The topological polar surface area (TPSA) is 58.3 Å². The number of fused-ring (bicyclic) bond motifs is 1. The molecule has 0 amide bonds. The second kappa shape index (κ2) is 6.90. The van der Waals surface area contributed by atoms with Gasteiger partial charge in [-0.05, 0) is 43.2 Å². The number of halogens is 4. The Kier molecular flexibility index (Phi) is 4.96. The number of nitrogens with zero attached hydrogens (tertiary/aromatic N) is 2. The van der Waals surface area contributed by atoms with Gasteiger partial charge in [0.1, 0.15) is 11.9 Å². The highest BCUT2D eigenvalue weighted by molar-refractivity contribution is 6.32. The molecule has 1 atom stereocenters. The van der Waals surface area contributed by atoms with Crippen molar-refractivity contribution in [1.29, 1.82) is 0 Å². The van der Waals surface area contributed by atoms with E-state index in [0.29, 0.717) is 17.6 Å². The number of alkyl halides is 3. The number of hydrogen-bond acceptors (Lipinski definition) is 3. The number of hydrogen-bond donors (Lipinski definition) is 2. The van der Waals surface area contributed by atoms with Gasteiger partial charge in [-0.15, -0.1) is 0 Å². The van der Waals surface area contributed by atoms with Crippen molar-refractivity contribution in [3.63, 3.8) is 0 Å². The van der Waals surface area contributed by atoms with E-state index in [9.17, 15) is 18.3 Å². The summed E-state index contributed by atoms with van der Waals surface area (Å²) in [7, 11) is 0. The van der Waals surface area contributed by atoms with Gasteiger partial charge >= 0.3 is 6.18 Å². The number of aliphatic hydroxyl groups excluding tert-OH is 2. The van der Waals surface area contributed by atoms with Crippen LogP contribution in [0.25, 0.3) is 16.7 Å². The van der Waals surface area contributed by atoms with Gasteiger partial charge < -0.3 is 10.2 Å². The summed E-state index contributed by atoms with van der Waals surface area (Å²) in [5.74, 6) is 0.213. The maximum absolute atomic E-state index is 13.1. The lowest BCUT2D eigenvalue weighted by Crippen LogP contribution is -2.06. The molecule has 3 rings (SSSR count). The van der Waals surface area contributed by atoms with E-state index in [4.69, 9.17) is 16.7 Å². The van der Waals surface area contributed by atoms with Gasteiger partial charge in [0.2, 0.25) is 0 Å².